The number of aliphatic hydroxyl groups is 1. The van der Waals surface area contributed by atoms with Gasteiger partial charge < -0.3 is 15.3 Å². The van der Waals surface area contributed by atoms with Crippen LogP contribution in [0.4, 0.5) is 0 Å². The van der Waals surface area contributed by atoms with E-state index in [0.29, 0.717) is 11.8 Å². The number of nitrogens with zero attached hydrogens (tertiary/aromatic N) is 1. The third kappa shape index (κ3) is 3.29. The Bertz CT molecular complexity index is 318. The fourth-order valence-electron chi connectivity index (χ4n) is 3.45. The smallest absolute Gasteiger partial charge is 0.228 e. The Morgan fingerprint density at radius 1 is 1.42 bits per heavy atom. The molecule has 0 bridgehead atoms. The average Bonchev–Trinajstić information content (AvgIpc) is 2.37. The molecule has 1 saturated heterocycles. The normalized spacial score (nSPS) is 31.7. The van der Waals surface area contributed by atoms with E-state index >= 15 is 0 Å². The van der Waals surface area contributed by atoms with Crippen molar-refractivity contribution in [2.45, 2.75) is 45.6 Å². The van der Waals surface area contributed by atoms with Gasteiger partial charge in [0, 0.05) is 19.0 Å². The molecule has 0 aromatic carbocycles. The third-order valence-corrected chi connectivity index (χ3v) is 4.96. The minimum atomic E-state index is -0.287. The van der Waals surface area contributed by atoms with Crippen molar-refractivity contribution in [3.8, 4) is 0 Å². The lowest BCUT2D eigenvalue weighted by atomic mass is 9.73. The van der Waals surface area contributed by atoms with Crippen molar-refractivity contribution >= 4 is 5.91 Å². The lowest BCUT2D eigenvalue weighted by Crippen LogP contribution is -2.49. The lowest BCUT2D eigenvalue weighted by Gasteiger charge is -2.41. The molecule has 0 aromatic rings. The van der Waals surface area contributed by atoms with Gasteiger partial charge in [-0.3, -0.25) is 4.79 Å². The van der Waals surface area contributed by atoms with Crippen LogP contribution in [0.2, 0.25) is 0 Å². The second-order valence-corrected chi connectivity index (χ2v) is 6.94. The number of hydrogen-bond acceptors (Lipinski definition) is 3. The van der Waals surface area contributed by atoms with Gasteiger partial charge in [0.25, 0.3) is 0 Å². The van der Waals surface area contributed by atoms with Crippen LogP contribution in [0.25, 0.3) is 0 Å². The van der Waals surface area contributed by atoms with Gasteiger partial charge in [0.05, 0.1) is 6.10 Å². The summed E-state index contributed by atoms with van der Waals surface area (Å²) in [6, 6.07) is 0. The van der Waals surface area contributed by atoms with Crippen LogP contribution in [-0.4, -0.2) is 48.7 Å². The molecule has 4 heteroatoms. The van der Waals surface area contributed by atoms with Crippen LogP contribution in [0.3, 0.4) is 0 Å². The zero-order valence-corrected chi connectivity index (χ0v) is 12.5. The fraction of sp³-hybridized carbons (Fsp3) is 0.933. The SMILES string of the molecule is CN(CC1CC(O)C1)C(=O)C(C)(C)C1CCCNC1. The number of hydrogen-bond donors (Lipinski definition) is 2. The summed E-state index contributed by atoms with van der Waals surface area (Å²) in [7, 11) is 1.91. The molecule has 0 aromatic heterocycles. The molecule has 2 aliphatic rings. The molecule has 1 unspecified atom stereocenters. The highest BCUT2D eigenvalue weighted by molar-refractivity contribution is 5.82. The van der Waals surface area contributed by atoms with Gasteiger partial charge in [0.1, 0.15) is 0 Å². The molecule has 0 radical (unpaired) electrons. The van der Waals surface area contributed by atoms with Gasteiger partial charge in [-0.1, -0.05) is 13.8 Å². The summed E-state index contributed by atoms with van der Waals surface area (Å²) in [6.45, 7) is 6.99. The second-order valence-electron chi connectivity index (χ2n) is 6.94. The van der Waals surface area contributed by atoms with Gasteiger partial charge in [-0.15, -0.1) is 0 Å². The maximum absolute atomic E-state index is 12.7. The molecule has 1 heterocycles. The summed E-state index contributed by atoms with van der Waals surface area (Å²) in [5.74, 6) is 1.18. The Hall–Kier alpha value is -0.610. The topological polar surface area (TPSA) is 52.6 Å². The van der Waals surface area contributed by atoms with E-state index in [1.807, 2.05) is 11.9 Å². The molecule has 1 aliphatic heterocycles. The van der Waals surface area contributed by atoms with Gasteiger partial charge in [0.2, 0.25) is 5.91 Å². The zero-order chi connectivity index (χ0) is 14.0. The number of aliphatic hydroxyl groups excluding tert-OH is 1. The number of carbonyl (C=O) groups excluding carboxylic acids is 1. The predicted octanol–water partition coefficient (Wildman–Crippen LogP) is 1.24. The van der Waals surface area contributed by atoms with Gasteiger partial charge in [-0.2, -0.15) is 0 Å². The molecular weight excluding hydrogens is 240 g/mol. The van der Waals surface area contributed by atoms with Crippen molar-refractivity contribution in [1.82, 2.24) is 10.2 Å². The van der Waals surface area contributed by atoms with Crippen LogP contribution in [0.1, 0.15) is 39.5 Å². The quantitative estimate of drug-likeness (QED) is 0.806. The molecule has 1 aliphatic carbocycles. The van der Waals surface area contributed by atoms with Crippen LogP contribution >= 0.6 is 0 Å². The minimum Gasteiger partial charge on any atom is -0.393 e. The van der Waals surface area contributed by atoms with E-state index in [-0.39, 0.29) is 17.4 Å². The van der Waals surface area contributed by atoms with Crippen molar-refractivity contribution in [3.05, 3.63) is 0 Å². The summed E-state index contributed by atoms with van der Waals surface area (Å²) in [4.78, 5) is 14.5. The Balaban J connectivity index is 1.88. The maximum Gasteiger partial charge on any atom is 0.228 e. The summed E-state index contributed by atoms with van der Waals surface area (Å²) >= 11 is 0. The highest BCUT2D eigenvalue weighted by atomic mass is 16.3. The number of carbonyl (C=O) groups is 1. The first kappa shape index (κ1) is 14.8. The summed E-state index contributed by atoms with van der Waals surface area (Å²) in [5, 5.41) is 12.7. The van der Waals surface area contributed by atoms with Crippen LogP contribution in [-0.2, 0) is 4.79 Å². The predicted molar refractivity (Wildman–Crippen MR) is 75.7 cm³/mol. The van der Waals surface area contributed by atoms with Gasteiger partial charge in [-0.05, 0) is 50.6 Å². The average molecular weight is 268 g/mol. The maximum atomic E-state index is 12.7. The first-order valence-corrected chi connectivity index (χ1v) is 7.55. The number of piperidine rings is 1. The van der Waals surface area contributed by atoms with Crippen LogP contribution in [0.5, 0.6) is 0 Å². The van der Waals surface area contributed by atoms with Gasteiger partial charge in [-0.25, -0.2) is 0 Å². The third-order valence-electron chi connectivity index (χ3n) is 4.96. The molecule has 19 heavy (non-hydrogen) atoms. The molecular formula is C15H28N2O2. The van der Waals surface area contributed by atoms with E-state index in [0.717, 1.165) is 38.9 Å². The van der Waals surface area contributed by atoms with Crippen molar-refractivity contribution in [1.29, 1.82) is 0 Å². The van der Waals surface area contributed by atoms with E-state index in [2.05, 4.69) is 19.2 Å². The summed E-state index contributed by atoms with van der Waals surface area (Å²) in [5.41, 5.74) is -0.287. The largest absolute Gasteiger partial charge is 0.393 e. The van der Waals surface area contributed by atoms with Crippen LogP contribution in [0.15, 0.2) is 0 Å². The van der Waals surface area contributed by atoms with Crippen molar-refractivity contribution < 1.29 is 9.90 Å². The van der Waals surface area contributed by atoms with Crippen molar-refractivity contribution in [2.75, 3.05) is 26.7 Å². The van der Waals surface area contributed by atoms with Crippen molar-refractivity contribution in [3.63, 3.8) is 0 Å². The van der Waals surface area contributed by atoms with E-state index in [4.69, 9.17) is 0 Å². The molecule has 2 rings (SSSR count). The zero-order valence-electron chi connectivity index (χ0n) is 12.5. The second kappa shape index (κ2) is 5.80. The summed E-state index contributed by atoms with van der Waals surface area (Å²) in [6.07, 6.45) is 3.87. The lowest BCUT2D eigenvalue weighted by molar-refractivity contribution is -0.144. The number of rotatable bonds is 4. The Labute approximate surface area is 116 Å². The Kier molecular flexibility index (Phi) is 4.51. The summed E-state index contributed by atoms with van der Waals surface area (Å²) < 4.78 is 0. The highest BCUT2D eigenvalue weighted by Crippen LogP contribution is 2.35. The molecule has 1 amide bonds. The Morgan fingerprint density at radius 3 is 2.63 bits per heavy atom. The van der Waals surface area contributed by atoms with Crippen LogP contribution < -0.4 is 5.32 Å². The molecule has 0 spiro atoms. The number of nitrogens with one attached hydrogen (secondary N) is 1. The van der Waals surface area contributed by atoms with E-state index in [1.54, 1.807) is 0 Å². The van der Waals surface area contributed by atoms with Crippen molar-refractivity contribution in [2.24, 2.45) is 17.3 Å². The molecule has 110 valence electrons. The highest BCUT2D eigenvalue weighted by Gasteiger charge is 2.40. The molecule has 4 nitrogen and oxygen atoms in total. The molecule has 2 N–H and O–H groups in total. The first-order valence-electron chi connectivity index (χ1n) is 7.55. The number of amides is 1. The fourth-order valence-corrected chi connectivity index (χ4v) is 3.45. The van der Waals surface area contributed by atoms with E-state index in [9.17, 15) is 9.90 Å². The minimum absolute atomic E-state index is 0.135. The van der Waals surface area contributed by atoms with Gasteiger partial charge >= 0.3 is 0 Å². The molecule has 1 atom stereocenters. The molecule has 1 saturated carbocycles. The standard InChI is InChI=1S/C15H28N2O2/c1-15(2,12-5-4-6-16-9-12)14(19)17(3)10-11-7-13(18)8-11/h11-13,16,18H,4-10H2,1-3H3. The van der Waals surface area contributed by atoms with Gasteiger partial charge in [0.15, 0.2) is 0 Å². The monoisotopic (exact) mass is 268 g/mol. The molecule has 2 fully saturated rings. The van der Waals surface area contributed by atoms with Crippen LogP contribution in [0, 0.1) is 17.3 Å². The van der Waals surface area contributed by atoms with E-state index in [1.165, 1.54) is 6.42 Å². The Morgan fingerprint density at radius 2 is 2.11 bits per heavy atom. The van der Waals surface area contributed by atoms with E-state index < -0.39 is 0 Å². The first-order chi connectivity index (χ1) is 8.91.